The van der Waals surface area contributed by atoms with Crippen molar-refractivity contribution in [3.05, 3.63) is 93.0 Å². The van der Waals surface area contributed by atoms with Crippen molar-refractivity contribution in [2.24, 2.45) is 0 Å². The van der Waals surface area contributed by atoms with Crippen molar-refractivity contribution in [3.8, 4) is 5.75 Å². The van der Waals surface area contributed by atoms with Crippen LogP contribution in [-0.2, 0) is 4.79 Å². The van der Waals surface area contributed by atoms with Crippen molar-refractivity contribution < 1.29 is 14.7 Å². The molecule has 3 aromatic carbocycles. The lowest BCUT2D eigenvalue weighted by atomic mass is 10.0. The molecule has 0 bridgehead atoms. The SMILES string of the molecule is Cc1cccc(C)c1NC(=O)C(NC(=O)c1ccc(Cl)cc1Cl)c1ccc(O)cc1. The molecule has 1 unspecified atom stereocenters. The van der Waals surface area contributed by atoms with E-state index < -0.39 is 17.9 Å². The Morgan fingerprint density at radius 1 is 0.933 bits per heavy atom. The number of benzene rings is 3. The molecular formula is C23H20Cl2N2O3. The number of phenols is 1. The van der Waals surface area contributed by atoms with Gasteiger partial charge in [0.2, 0.25) is 0 Å². The van der Waals surface area contributed by atoms with Gasteiger partial charge in [-0.15, -0.1) is 0 Å². The molecule has 30 heavy (non-hydrogen) atoms. The Morgan fingerprint density at radius 2 is 1.57 bits per heavy atom. The fourth-order valence-electron chi connectivity index (χ4n) is 3.06. The summed E-state index contributed by atoms with van der Waals surface area (Å²) in [6, 6.07) is 15.3. The molecule has 0 fully saturated rings. The number of amides is 2. The Bertz CT molecular complexity index is 1080. The predicted molar refractivity (Wildman–Crippen MR) is 119 cm³/mol. The number of aryl methyl sites for hydroxylation is 2. The molecule has 0 spiro atoms. The summed E-state index contributed by atoms with van der Waals surface area (Å²) < 4.78 is 0. The lowest BCUT2D eigenvalue weighted by Gasteiger charge is -2.21. The minimum Gasteiger partial charge on any atom is -0.508 e. The predicted octanol–water partition coefficient (Wildman–Crippen LogP) is 5.43. The minimum atomic E-state index is -1.01. The maximum Gasteiger partial charge on any atom is 0.253 e. The molecular weight excluding hydrogens is 423 g/mol. The van der Waals surface area contributed by atoms with Crippen LogP contribution in [0.3, 0.4) is 0 Å². The van der Waals surface area contributed by atoms with Crippen LogP contribution in [-0.4, -0.2) is 16.9 Å². The van der Waals surface area contributed by atoms with Gasteiger partial charge in [-0.05, 0) is 60.9 Å². The van der Waals surface area contributed by atoms with Gasteiger partial charge in [0.15, 0.2) is 0 Å². The first kappa shape index (κ1) is 21.7. The molecule has 1 atom stereocenters. The molecule has 0 aliphatic heterocycles. The highest BCUT2D eigenvalue weighted by Crippen LogP contribution is 2.25. The molecule has 7 heteroatoms. The summed E-state index contributed by atoms with van der Waals surface area (Å²) in [5.41, 5.74) is 3.20. The van der Waals surface area contributed by atoms with Gasteiger partial charge in [-0.25, -0.2) is 0 Å². The van der Waals surface area contributed by atoms with E-state index >= 15 is 0 Å². The summed E-state index contributed by atoms with van der Waals surface area (Å²) in [5.74, 6) is -0.886. The quantitative estimate of drug-likeness (QED) is 0.493. The van der Waals surface area contributed by atoms with Crippen molar-refractivity contribution in [2.45, 2.75) is 19.9 Å². The second-order valence-electron chi connectivity index (χ2n) is 6.88. The summed E-state index contributed by atoms with van der Waals surface area (Å²) in [6.45, 7) is 3.79. The number of carbonyl (C=O) groups is 2. The molecule has 3 aromatic rings. The van der Waals surface area contributed by atoms with Gasteiger partial charge in [0, 0.05) is 10.7 Å². The standard InChI is InChI=1S/C23H20Cl2N2O3/c1-13-4-3-5-14(2)20(13)26-23(30)21(15-6-9-17(28)10-7-15)27-22(29)18-11-8-16(24)12-19(18)25/h3-12,21,28H,1-2H3,(H,26,30)(H,27,29). The van der Waals surface area contributed by atoms with Gasteiger partial charge in [-0.2, -0.15) is 0 Å². The van der Waals surface area contributed by atoms with E-state index in [-0.39, 0.29) is 16.3 Å². The van der Waals surface area contributed by atoms with Crippen molar-refractivity contribution in [3.63, 3.8) is 0 Å². The van der Waals surface area contributed by atoms with Gasteiger partial charge >= 0.3 is 0 Å². The molecule has 0 aromatic heterocycles. The Morgan fingerprint density at radius 3 is 2.17 bits per heavy atom. The zero-order chi connectivity index (χ0) is 21.8. The van der Waals surface area contributed by atoms with Crippen LogP contribution in [0.4, 0.5) is 5.69 Å². The van der Waals surface area contributed by atoms with Gasteiger partial charge in [0.05, 0.1) is 10.6 Å². The first-order valence-electron chi connectivity index (χ1n) is 9.18. The van der Waals surface area contributed by atoms with E-state index in [4.69, 9.17) is 23.2 Å². The number of aromatic hydroxyl groups is 1. The van der Waals surface area contributed by atoms with Crippen LogP contribution in [0.15, 0.2) is 60.7 Å². The lowest BCUT2D eigenvalue weighted by Crippen LogP contribution is -2.37. The van der Waals surface area contributed by atoms with E-state index in [1.165, 1.54) is 24.3 Å². The Balaban J connectivity index is 1.93. The molecule has 154 valence electrons. The van der Waals surface area contributed by atoms with E-state index in [9.17, 15) is 14.7 Å². The number of nitrogens with one attached hydrogen (secondary N) is 2. The number of hydrogen-bond donors (Lipinski definition) is 3. The molecule has 0 saturated heterocycles. The molecule has 0 saturated carbocycles. The van der Waals surface area contributed by atoms with Gasteiger partial charge in [-0.1, -0.05) is 53.5 Å². The summed E-state index contributed by atoms with van der Waals surface area (Å²) in [4.78, 5) is 26.0. The zero-order valence-electron chi connectivity index (χ0n) is 16.4. The highest BCUT2D eigenvalue weighted by molar-refractivity contribution is 6.36. The maximum atomic E-state index is 13.2. The summed E-state index contributed by atoms with van der Waals surface area (Å²) in [6.07, 6.45) is 0. The van der Waals surface area contributed by atoms with Crippen LogP contribution in [0.2, 0.25) is 10.0 Å². The average Bonchev–Trinajstić information content (AvgIpc) is 2.69. The number of anilines is 1. The molecule has 0 heterocycles. The van der Waals surface area contributed by atoms with E-state index in [0.29, 0.717) is 16.3 Å². The van der Waals surface area contributed by atoms with Crippen molar-refractivity contribution in [2.75, 3.05) is 5.32 Å². The van der Waals surface area contributed by atoms with Gasteiger partial charge in [0.1, 0.15) is 11.8 Å². The summed E-state index contributed by atoms with van der Waals surface area (Å²) >= 11 is 12.1. The molecule has 2 amide bonds. The highest BCUT2D eigenvalue weighted by atomic mass is 35.5. The highest BCUT2D eigenvalue weighted by Gasteiger charge is 2.25. The second-order valence-corrected chi connectivity index (χ2v) is 7.72. The minimum absolute atomic E-state index is 0.0553. The Hall–Kier alpha value is -3.02. The van der Waals surface area contributed by atoms with Crippen molar-refractivity contribution in [1.82, 2.24) is 5.32 Å². The van der Waals surface area contributed by atoms with E-state index in [1.54, 1.807) is 18.2 Å². The molecule has 3 N–H and O–H groups in total. The summed E-state index contributed by atoms with van der Waals surface area (Å²) in [7, 11) is 0. The smallest absolute Gasteiger partial charge is 0.253 e. The molecule has 5 nitrogen and oxygen atoms in total. The molecule has 3 rings (SSSR count). The number of phenolic OH excluding ortho intramolecular Hbond substituents is 1. The van der Waals surface area contributed by atoms with Crippen LogP contribution in [0.5, 0.6) is 5.75 Å². The first-order valence-corrected chi connectivity index (χ1v) is 9.94. The first-order chi connectivity index (χ1) is 14.3. The zero-order valence-corrected chi connectivity index (χ0v) is 17.9. The van der Waals surface area contributed by atoms with E-state index in [1.807, 2.05) is 32.0 Å². The van der Waals surface area contributed by atoms with Crippen molar-refractivity contribution >= 4 is 40.7 Å². The van der Waals surface area contributed by atoms with Crippen LogP contribution in [0.1, 0.15) is 33.1 Å². The second kappa shape index (κ2) is 9.20. The van der Waals surface area contributed by atoms with Crippen LogP contribution >= 0.6 is 23.2 Å². The van der Waals surface area contributed by atoms with E-state index in [2.05, 4.69) is 10.6 Å². The fourth-order valence-corrected chi connectivity index (χ4v) is 3.55. The van der Waals surface area contributed by atoms with Crippen molar-refractivity contribution in [1.29, 1.82) is 0 Å². The number of para-hydroxylation sites is 1. The van der Waals surface area contributed by atoms with Crippen LogP contribution in [0, 0.1) is 13.8 Å². The Kier molecular flexibility index (Phi) is 6.65. The number of hydrogen-bond acceptors (Lipinski definition) is 3. The van der Waals surface area contributed by atoms with Gasteiger partial charge in [-0.3, -0.25) is 9.59 Å². The largest absolute Gasteiger partial charge is 0.508 e. The molecule has 0 aliphatic rings. The third kappa shape index (κ3) is 4.93. The topological polar surface area (TPSA) is 78.4 Å². The van der Waals surface area contributed by atoms with Crippen LogP contribution < -0.4 is 10.6 Å². The number of carbonyl (C=O) groups excluding carboxylic acids is 2. The Labute approximate surface area is 184 Å². The number of halogens is 2. The fraction of sp³-hybridized carbons (Fsp3) is 0.130. The van der Waals surface area contributed by atoms with Gasteiger partial charge in [0.25, 0.3) is 11.8 Å². The third-order valence-electron chi connectivity index (χ3n) is 4.67. The van der Waals surface area contributed by atoms with E-state index in [0.717, 1.165) is 11.1 Å². The molecule has 0 aliphatic carbocycles. The average molecular weight is 443 g/mol. The monoisotopic (exact) mass is 442 g/mol. The lowest BCUT2D eigenvalue weighted by molar-refractivity contribution is -0.118. The van der Waals surface area contributed by atoms with Gasteiger partial charge < -0.3 is 15.7 Å². The number of rotatable bonds is 5. The normalized spacial score (nSPS) is 11.6. The maximum absolute atomic E-state index is 13.2. The van der Waals surface area contributed by atoms with Crippen LogP contribution in [0.25, 0.3) is 0 Å². The summed E-state index contributed by atoms with van der Waals surface area (Å²) in [5, 5.41) is 15.8. The third-order valence-corrected chi connectivity index (χ3v) is 5.22. The molecule has 0 radical (unpaired) electrons.